The lowest BCUT2D eigenvalue weighted by Gasteiger charge is -2.34. The molecule has 13 heteroatoms. The van der Waals surface area contributed by atoms with E-state index in [-0.39, 0.29) is 31.4 Å². The number of esters is 1. The smallest absolute Gasteiger partial charge is 0.326 e. The van der Waals surface area contributed by atoms with E-state index in [4.69, 9.17) is 9.84 Å². The molecule has 39 heavy (non-hydrogen) atoms. The van der Waals surface area contributed by atoms with Gasteiger partial charge in [0, 0.05) is 55.9 Å². The van der Waals surface area contributed by atoms with Crippen LogP contribution in [0.25, 0.3) is 0 Å². The van der Waals surface area contributed by atoms with E-state index in [1.807, 2.05) is 12.1 Å². The van der Waals surface area contributed by atoms with E-state index < -0.39 is 33.5 Å². The van der Waals surface area contributed by atoms with Crippen LogP contribution in [0.1, 0.15) is 50.4 Å². The quantitative estimate of drug-likeness (QED) is 0.277. The Morgan fingerprint density at radius 1 is 1.18 bits per heavy atom. The van der Waals surface area contributed by atoms with Crippen LogP contribution in [-0.2, 0) is 19.6 Å². The standard InChI is InChI=1S/C26H38N6O6S/c1-26(2,3)38-24(35)22(31-39(36,37)16-6-15-33)17-29-23(34)19-8-10-21(11-9-19)32-14-4-7-20(18-32)30-25-27-12-5-13-28-25/h5,8-13,20,22,31,33H,4,6-7,14-18H2,1-3H3,(H,29,34)(H,27,28,30). The van der Waals surface area contributed by atoms with Crippen LogP contribution in [0.4, 0.5) is 11.6 Å². The van der Waals surface area contributed by atoms with Crippen molar-refractivity contribution in [3.05, 3.63) is 48.3 Å². The molecule has 12 nitrogen and oxygen atoms in total. The van der Waals surface area contributed by atoms with Gasteiger partial charge >= 0.3 is 5.97 Å². The lowest BCUT2D eigenvalue weighted by atomic mass is 10.0. The Morgan fingerprint density at radius 3 is 2.51 bits per heavy atom. The number of aromatic nitrogens is 2. The van der Waals surface area contributed by atoms with E-state index in [9.17, 15) is 18.0 Å². The summed E-state index contributed by atoms with van der Waals surface area (Å²) in [5.74, 6) is -1.02. The molecule has 1 aliphatic heterocycles. The highest BCUT2D eigenvalue weighted by Crippen LogP contribution is 2.22. The molecule has 1 saturated heterocycles. The molecule has 4 N–H and O–H groups in total. The Labute approximate surface area is 229 Å². The second-order valence-corrected chi connectivity index (χ2v) is 12.2. The normalized spacial score (nSPS) is 16.8. The van der Waals surface area contributed by atoms with Crippen molar-refractivity contribution in [3.8, 4) is 0 Å². The molecule has 0 saturated carbocycles. The van der Waals surface area contributed by atoms with Crippen molar-refractivity contribution in [3.63, 3.8) is 0 Å². The second-order valence-electron chi connectivity index (χ2n) is 10.4. The fourth-order valence-corrected chi connectivity index (χ4v) is 5.32. The minimum atomic E-state index is -3.88. The molecule has 3 rings (SSSR count). The third-order valence-corrected chi connectivity index (χ3v) is 7.34. The SMILES string of the molecule is CC(C)(C)OC(=O)C(CNC(=O)c1ccc(N2CCCC(Nc3ncccn3)C2)cc1)NS(=O)(=O)CCCO. The molecule has 0 spiro atoms. The zero-order chi connectivity index (χ0) is 28.5. The summed E-state index contributed by atoms with van der Waals surface area (Å²) in [5.41, 5.74) is 0.493. The highest BCUT2D eigenvalue weighted by atomic mass is 32.2. The number of amides is 1. The first kappa shape index (κ1) is 30.3. The molecule has 2 aromatic rings. The highest BCUT2D eigenvalue weighted by molar-refractivity contribution is 7.89. The number of nitrogens with one attached hydrogen (secondary N) is 3. The molecule has 0 aliphatic carbocycles. The summed E-state index contributed by atoms with van der Waals surface area (Å²) >= 11 is 0. The van der Waals surface area contributed by atoms with Gasteiger partial charge in [-0.1, -0.05) is 0 Å². The van der Waals surface area contributed by atoms with Crippen molar-refractivity contribution >= 4 is 33.5 Å². The third kappa shape index (κ3) is 10.1. The zero-order valence-electron chi connectivity index (χ0n) is 22.6. The van der Waals surface area contributed by atoms with Crippen LogP contribution >= 0.6 is 0 Å². The van der Waals surface area contributed by atoms with Gasteiger partial charge in [-0.15, -0.1) is 0 Å². The maximum absolute atomic E-state index is 12.8. The molecular formula is C26H38N6O6S. The van der Waals surface area contributed by atoms with E-state index in [1.165, 1.54) is 0 Å². The monoisotopic (exact) mass is 562 g/mol. The van der Waals surface area contributed by atoms with Gasteiger partial charge in [0.15, 0.2) is 0 Å². The van der Waals surface area contributed by atoms with Gasteiger partial charge in [-0.3, -0.25) is 9.59 Å². The first-order valence-electron chi connectivity index (χ1n) is 13.0. The van der Waals surface area contributed by atoms with E-state index in [1.54, 1.807) is 51.4 Å². The molecule has 1 fully saturated rings. The first-order valence-corrected chi connectivity index (χ1v) is 14.6. The largest absolute Gasteiger partial charge is 0.459 e. The molecule has 0 bridgehead atoms. The molecule has 1 aromatic heterocycles. The van der Waals surface area contributed by atoms with E-state index >= 15 is 0 Å². The zero-order valence-corrected chi connectivity index (χ0v) is 23.4. The molecule has 214 valence electrons. The Kier molecular flexibility index (Phi) is 10.6. The van der Waals surface area contributed by atoms with Crippen LogP contribution in [0.5, 0.6) is 0 Å². The van der Waals surface area contributed by atoms with E-state index in [2.05, 4.69) is 30.2 Å². The van der Waals surface area contributed by atoms with Crippen molar-refractivity contribution in [1.29, 1.82) is 0 Å². The van der Waals surface area contributed by atoms with Gasteiger partial charge in [0.1, 0.15) is 11.6 Å². The fourth-order valence-electron chi connectivity index (χ4n) is 4.08. The summed E-state index contributed by atoms with van der Waals surface area (Å²) in [5, 5.41) is 14.9. The van der Waals surface area contributed by atoms with Crippen molar-refractivity contribution in [2.75, 3.05) is 42.2 Å². The van der Waals surface area contributed by atoms with Gasteiger partial charge in [-0.25, -0.2) is 18.4 Å². The number of carbonyl (C=O) groups is 2. The van der Waals surface area contributed by atoms with Gasteiger partial charge in [-0.2, -0.15) is 4.72 Å². The maximum Gasteiger partial charge on any atom is 0.326 e. The molecule has 1 aliphatic rings. The van der Waals surface area contributed by atoms with Crippen LogP contribution in [0, 0.1) is 0 Å². The van der Waals surface area contributed by atoms with Crippen molar-refractivity contribution < 1.29 is 27.9 Å². The molecular weight excluding hydrogens is 524 g/mol. The van der Waals surface area contributed by atoms with Gasteiger partial charge in [0.25, 0.3) is 5.91 Å². The summed E-state index contributed by atoms with van der Waals surface area (Å²) in [4.78, 5) is 36.2. The number of anilines is 2. The maximum atomic E-state index is 12.8. The van der Waals surface area contributed by atoms with Crippen molar-refractivity contribution in [1.82, 2.24) is 20.0 Å². The van der Waals surface area contributed by atoms with Crippen LogP contribution in [0.3, 0.4) is 0 Å². The first-order chi connectivity index (χ1) is 18.5. The van der Waals surface area contributed by atoms with E-state index in [0.29, 0.717) is 11.5 Å². The molecule has 0 radical (unpaired) electrons. The molecule has 2 heterocycles. The summed E-state index contributed by atoms with van der Waals surface area (Å²) in [7, 11) is -3.88. The summed E-state index contributed by atoms with van der Waals surface area (Å²) in [6.07, 6.45) is 5.40. The minimum Gasteiger partial charge on any atom is -0.459 e. The lowest BCUT2D eigenvalue weighted by molar-refractivity contribution is -0.156. The molecule has 1 amide bonds. The highest BCUT2D eigenvalue weighted by Gasteiger charge is 2.29. The Morgan fingerprint density at radius 2 is 1.87 bits per heavy atom. The van der Waals surface area contributed by atoms with E-state index in [0.717, 1.165) is 31.6 Å². The summed E-state index contributed by atoms with van der Waals surface area (Å²) in [6, 6.07) is 7.74. The average molecular weight is 563 g/mol. The number of carbonyl (C=O) groups excluding carboxylic acids is 2. The van der Waals surface area contributed by atoms with Crippen molar-refractivity contribution in [2.24, 2.45) is 0 Å². The van der Waals surface area contributed by atoms with Crippen LogP contribution in [0.2, 0.25) is 0 Å². The number of benzene rings is 1. The number of piperidine rings is 1. The van der Waals surface area contributed by atoms with Gasteiger partial charge in [0.2, 0.25) is 16.0 Å². The lowest BCUT2D eigenvalue weighted by Crippen LogP contribution is -2.51. The van der Waals surface area contributed by atoms with Gasteiger partial charge < -0.3 is 25.4 Å². The molecule has 2 atom stereocenters. The average Bonchev–Trinajstić information content (AvgIpc) is 2.89. The Hall–Kier alpha value is -3.29. The number of aliphatic hydroxyl groups excluding tert-OH is 1. The summed E-state index contributed by atoms with van der Waals surface area (Å²) < 4.78 is 32.3. The molecule has 1 aromatic carbocycles. The van der Waals surface area contributed by atoms with Gasteiger partial charge in [-0.05, 0) is 70.4 Å². The van der Waals surface area contributed by atoms with Crippen LogP contribution in [-0.4, -0.2) is 85.0 Å². The predicted octanol–water partition coefficient (Wildman–Crippen LogP) is 1.30. The predicted molar refractivity (Wildman–Crippen MR) is 148 cm³/mol. The number of sulfonamides is 1. The number of ether oxygens (including phenoxy) is 1. The summed E-state index contributed by atoms with van der Waals surface area (Å²) in [6.45, 7) is 6.04. The number of aliphatic hydroxyl groups is 1. The second kappa shape index (κ2) is 13.7. The minimum absolute atomic E-state index is 0.0168. The third-order valence-electron chi connectivity index (χ3n) is 5.87. The van der Waals surface area contributed by atoms with Crippen molar-refractivity contribution in [2.45, 2.75) is 57.7 Å². The van der Waals surface area contributed by atoms with Gasteiger partial charge in [0.05, 0.1) is 5.75 Å². The molecule has 2 unspecified atom stereocenters. The number of hydrogen-bond acceptors (Lipinski definition) is 10. The number of nitrogens with zero attached hydrogens (tertiary/aromatic N) is 3. The Bertz CT molecular complexity index is 1190. The fraction of sp³-hybridized carbons (Fsp3) is 0.538. The number of hydrogen-bond donors (Lipinski definition) is 4. The van der Waals surface area contributed by atoms with Crippen LogP contribution in [0.15, 0.2) is 42.7 Å². The van der Waals surface area contributed by atoms with Crippen LogP contribution < -0.4 is 20.3 Å². The Balaban J connectivity index is 1.60. The number of rotatable bonds is 12. The topological polar surface area (TPSA) is 163 Å².